The quantitative estimate of drug-likeness (QED) is 0.759. The number of nitrogens with zero attached hydrogens (tertiary/aromatic N) is 3. The summed E-state index contributed by atoms with van der Waals surface area (Å²) in [6.45, 7) is 3.98. The maximum absolute atomic E-state index is 6.41. The van der Waals surface area contributed by atoms with E-state index in [1.165, 1.54) is 12.8 Å². The lowest BCUT2D eigenvalue weighted by molar-refractivity contribution is 0.432. The molecular weight excluding hydrogens is 234 g/mol. The molecule has 2 unspecified atom stereocenters. The Balaban J connectivity index is 2.17. The van der Waals surface area contributed by atoms with E-state index in [0.29, 0.717) is 6.04 Å². The highest BCUT2D eigenvalue weighted by Gasteiger charge is 2.27. The standard InChI is InChI=1S/C13H20ClN3/c1-9-10(2)16-13(8-15-9)17(3)12-7-5-4-6-11(12)14/h8,11-12H,4-7H2,1-3H3. The minimum absolute atomic E-state index is 0.233. The normalized spacial score (nSPS) is 24.7. The third kappa shape index (κ3) is 2.71. The van der Waals surface area contributed by atoms with E-state index in [-0.39, 0.29) is 5.38 Å². The van der Waals surface area contributed by atoms with Crippen molar-refractivity contribution in [2.24, 2.45) is 0 Å². The van der Waals surface area contributed by atoms with Crippen molar-refractivity contribution >= 4 is 17.4 Å². The largest absolute Gasteiger partial charge is 0.354 e. The molecule has 1 heterocycles. The van der Waals surface area contributed by atoms with Gasteiger partial charge in [-0.3, -0.25) is 4.98 Å². The Hall–Kier alpha value is -0.830. The average Bonchev–Trinajstić information content (AvgIpc) is 2.32. The molecule has 1 saturated carbocycles. The lowest BCUT2D eigenvalue weighted by Crippen LogP contribution is -2.41. The highest BCUT2D eigenvalue weighted by Crippen LogP contribution is 2.28. The summed E-state index contributed by atoms with van der Waals surface area (Å²) < 4.78 is 0. The van der Waals surface area contributed by atoms with Crippen LogP contribution < -0.4 is 4.90 Å². The van der Waals surface area contributed by atoms with Crippen LogP contribution in [0.25, 0.3) is 0 Å². The molecule has 0 radical (unpaired) electrons. The molecule has 1 aromatic heterocycles. The van der Waals surface area contributed by atoms with Gasteiger partial charge in [0.2, 0.25) is 0 Å². The fourth-order valence-corrected chi connectivity index (χ4v) is 2.82. The fraction of sp³-hybridized carbons (Fsp3) is 0.692. The molecule has 0 amide bonds. The summed E-state index contributed by atoms with van der Waals surface area (Å²) in [7, 11) is 2.07. The third-order valence-corrected chi connectivity index (χ3v) is 4.19. The molecule has 4 heteroatoms. The van der Waals surface area contributed by atoms with Crippen LogP contribution in [0.4, 0.5) is 5.82 Å². The zero-order chi connectivity index (χ0) is 12.4. The molecule has 94 valence electrons. The van der Waals surface area contributed by atoms with Crippen LogP contribution in [-0.4, -0.2) is 28.4 Å². The van der Waals surface area contributed by atoms with Crippen LogP contribution >= 0.6 is 11.6 Å². The van der Waals surface area contributed by atoms with Gasteiger partial charge in [0.25, 0.3) is 0 Å². The average molecular weight is 254 g/mol. The van der Waals surface area contributed by atoms with E-state index < -0.39 is 0 Å². The predicted octanol–water partition coefficient (Wildman–Crippen LogP) is 3.08. The first kappa shape index (κ1) is 12.6. The first-order chi connectivity index (χ1) is 8.09. The van der Waals surface area contributed by atoms with Crippen LogP contribution in [0, 0.1) is 13.8 Å². The molecule has 0 bridgehead atoms. The number of aromatic nitrogens is 2. The molecule has 1 aliphatic rings. The van der Waals surface area contributed by atoms with Crippen molar-refractivity contribution in [2.75, 3.05) is 11.9 Å². The van der Waals surface area contributed by atoms with Crippen LogP contribution in [0.2, 0.25) is 0 Å². The van der Waals surface area contributed by atoms with Gasteiger partial charge in [-0.15, -0.1) is 11.6 Å². The minimum atomic E-state index is 0.233. The summed E-state index contributed by atoms with van der Waals surface area (Å²) >= 11 is 6.41. The van der Waals surface area contributed by atoms with Gasteiger partial charge in [-0.05, 0) is 26.7 Å². The third-order valence-electron chi connectivity index (χ3n) is 3.69. The number of rotatable bonds is 2. The Labute approximate surface area is 108 Å². The summed E-state index contributed by atoms with van der Waals surface area (Å²) in [5.41, 5.74) is 1.99. The van der Waals surface area contributed by atoms with Crippen molar-refractivity contribution in [3.05, 3.63) is 17.6 Å². The molecule has 1 aliphatic carbocycles. The number of anilines is 1. The summed E-state index contributed by atoms with van der Waals surface area (Å²) in [5, 5.41) is 0.233. The van der Waals surface area contributed by atoms with Gasteiger partial charge >= 0.3 is 0 Å². The summed E-state index contributed by atoms with van der Waals surface area (Å²) in [5.74, 6) is 0.936. The zero-order valence-corrected chi connectivity index (χ0v) is 11.5. The van der Waals surface area contributed by atoms with E-state index >= 15 is 0 Å². The fourth-order valence-electron chi connectivity index (χ4n) is 2.37. The topological polar surface area (TPSA) is 29.0 Å². The molecule has 0 saturated heterocycles. The van der Waals surface area contributed by atoms with E-state index in [2.05, 4.69) is 21.9 Å². The van der Waals surface area contributed by atoms with Crippen LogP contribution in [0.15, 0.2) is 6.20 Å². The van der Waals surface area contributed by atoms with Crippen molar-refractivity contribution in [2.45, 2.75) is 50.9 Å². The summed E-state index contributed by atoms with van der Waals surface area (Å²) in [6.07, 6.45) is 6.61. The zero-order valence-electron chi connectivity index (χ0n) is 10.8. The molecule has 2 rings (SSSR count). The van der Waals surface area contributed by atoms with E-state index in [1.807, 2.05) is 20.0 Å². The number of hydrogen-bond acceptors (Lipinski definition) is 3. The number of alkyl halides is 1. The van der Waals surface area contributed by atoms with Gasteiger partial charge in [-0.2, -0.15) is 0 Å². The Morgan fingerprint density at radius 2 is 1.94 bits per heavy atom. The van der Waals surface area contributed by atoms with Gasteiger partial charge in [0.1, 0.15) is 5.82 Å². The summed E-state index contributed by atoms with van der Waals surface area (Å²) in [6, 6.07) is 0.391. The number of aryl methyl sites for hydroxylation is 2. The van der Waals surface area contributed by atoms with Crippen LogP contribution in [0.5, 0.6) is 0 Å². The van der Waals surface area contributed by atoms with Crippen molar-refractivity contribution in [1.82, 2.24) is 9.97 Å². The first-order valence-electron chi connectivity index (χ1n) is 6.26. The minimum Gasteiger partial charge on any atom is -0.354 e. The monoisotopic (exact) mass is 253 g/mol. The molecule has 1 fully saturated rings. The van der Waals surface area contributed by atoms with Crippen molar-refractivity contribution in [3.63, 3.8) is 0 Å². The van der Waals surface area contributed by atoms with E-state index in [9.17, 15) is 0 Å². The van der Waals surface area contributed by atoms with Gasteiger partial charge in [0.05, 0.1) is 23.0 Å². The van der Waals surface area contributed by atoms with Gasteiger partial charge in [-0.25, -0.2) is 4.98 Å². The van der Waals surface area contributed by atoms with E-state index in [1.54, 1.807) is 0 Å². The molecule has 0 spiro atoms. The number of hydrogen-bond donors (Lipinski definition) is 0. The Kier molecular flexibility index (Phi) is 3.87. The van der Waals surface area contributed by atoms with Gasteiger partial charge in [0, 0.05) is 13.1 Å². The maximum Gasteiger partial charge on any atom is 0.147 e. The molecular formula is C13H20ClN3. The Bertz CT molecular complexity index is 394. The van der Waals surface area contributed by atoms with Crippen molar-refractivity contribution in [3.8, 4) is 0 Å². The van der Waals surface area contributed by atoms with Gasteiger partial charge in [-0.1, -0.05) is 12.8 Å². The molecule has 3 nitrogen and oxygen atoms in total. The molecule has 1 aromatic rings. The molecule has 0 N–H and O–H groups in total. The van der Waals surface area contributed by atoms with Crippen LogP contribution in [0.1, 0.15) is 37.1 Å². The molecule has 2 atom stereocenters. The number of halogens is 1. The van der Waals surface area contributed by atoms with E-state index in [0.717, 1.165) is 30.0 Å². The Morgan fingerprint density at radius 1 is 1.24 bits per heavy atom. The maximum atomic E-state index is 6.41. The lowest BCUT2D eigenvalue weighted by Gasteiger charge is -2.35. The van der Waals surface area contributed by atoms with Crippen LogP contribution in [-0.2, 0) is 0 Å². The smallest absolute Gasteiger partial charge is 0.147 e. The van der Waals surface area contributed by atoms with Gasteiger partial charge < -0.3 is 4.90 Å². The van der Waals surface area contributed by atoms with Crippen molar-refractivity contribution < 1.29 is 0 Å². The van der Waals surface area contributed by atoms with Crippen molar-refractivity contribution in [1.29, 1.82) is 0 Å². The second-order valence-electron chi connectivity index (χ2n) is 4.88. The second kappa shape index (κ2) is 5.21. The summed E-state index contributed by atoms with van der Waals surface area (Å²) in [4.78, 5) is 11.2. The molecule has 0 aromatic carbocycles. The predicted molar refractivity (Wildman–Crippen MR) is 71.8 cm³/mol. The Morgan fingerprint density at radius 3 is 2.59 bits per heavy atom. The highest BCUT2D eigenvalue weighted by atomic mass is 35.5. The second-order valence-corrected chi connectivity index (χ2v) is 5.44. The molecule has 17 heavy (non-hydrogen) atoms. The van der Waals surface area contributed by atoms with Gasteiger partial charge in [0.15, 0.2) is 0 Å². The van der Waals surface area contributed by atoms with Crippen LogP contribution in [0.3, 0.4) is 0 Å². The SMILES string of the molecule is Cc1ncc(N(C)C2CCCCC2Cl)nc1C. The first-order valence-corrected chi connectivity index (χ1v) is 6.70. The lowest BCUT2D eigenvalue weighted by atomic mass is 9.94. The van der Waals surface area contributed by atoms with E-state index in [4.69, 9.17) is 11.6 Å². The highest BCUT2D eigenvalue weighted by molar-refractivity contribution is 6.21. The molecule has 0 aliphatic heterocycles.